The number of rotatable bonds is 4. The number of hydrogen-bond donors (Lipinski definition) is 1. The molecule has 2 heterocycles. The molecule has 0 aliphatic rings. The lowest BCUT2D eigenvalue weighted by Crippen LogP contribution is -2.33. The predicted octanol–water partition coefficient (Wildman–Crippen LogP) is 3.12. The number of pyridine rings is 1. The average molecular weight is 348 g/mol. The summed E-state index contributed by atoms with van der Waals surface area (Å²) >= 11 is 0. The van der Waals surface area contributed by atoms with E-state index in [1.54, 1.807) is 31.5 Å². The van der Waals surface area contributed by atoms with Gasteiger partial charge in [0.2, 0.25) is 5.91 Å². The molecule has 0 spiro atoms. The highest BCUT2D eigenvalue weighted by atomic mass is 16.2. The fourth-order valence-corrected chi connectivity index (χ4v) is 2.61. The summed E-state index contributed by atoms with van der Waals surface area (Å²) in [4.78, 5) is 28.9. The third-order valence-corrected chi connectivity index (χ3v) is 4.39. The first-order valence-corrected chi connectivity index (χ1v) is 8.34. The molecule has 132 valence electrons. The Kier molecular flexibility index (Phi) is 4.93. The minimum atomic E-state index is -0.751. The third-order valence-electron chi connectivity index (χ3n) is 4.39. The molecular weight excluding hydrogens is 328 g/mol. The first-order valence-electron chi connectivity index (χ1n) is 8.34. The second-order valence-electron chi connectivity index (χ2n) is 6.16. The van der Waals surface area contributed by atoms with Crippen LogP contribution in [0.25, 0.3) is 11.3 Å². The SMILES string of the molecule is Cc1cccc(NC(=O)C(C)n2nc(-c3cccnc3)ccc2=O)c1C. The van der Waals surface area contributed by atoms with Gasteiger partial charge in [-0.2, -0.15) is 5.10 Å². The number of carbonyl (C=O) groups excluding carboxylic acids is 1. The van der Waals surface area contributed by atoms with Crippen molar-refractivity contribution in [3.05, 3.63) is 76.3 Å². The number of hydrogen-bond acceptors (Lipinski definition) is 4. The van der Waals surface area contributed by atoms with Crippen LogP contribution >= 0.6 is 0 Å². The summed E-state index contributed by atoms with van der Waals surface area (Å²) in [5.74, 6) is -0.295. The maximum absolute atomic E-state index is 12.7. The zero-order valence-electron chi connectivity index (χ0n) is 14.9. The van der Waals surface area contributed by atoms with E-state index in [2.05, 4.69) is 15.4 Å². The molecule has 0 aliphatic heterocycles. The first kappa shape index (κ1) is 17.5. The summed E-state index contributed by atoms with van der Waals surface area (Å²) in [6.07, 6.45) is 3.33. The van der Waals surface area contributed by atoms with Gasteiger partial charge < -0.3 is 5.32 Å². The Morgan fingerprint density at radius 3 is 2.65 bits per heavy atom. The van der Waals surface area contributed by atoms with Gasteiger partial charge in [-0.3, -0.25) is 14.6 Å². The molecule has 1 atom stereocenters. The number of anilines is 1. The summed E-state index contributed by atoms with van der Waals surface area (Å²) < 4.78 is 1.20. The van der Waals surface area contributed by atoms with E-state index in [9.17, 15) is 9.59 Å². The fourth-order valence-electron chi connectivity index (χ4n) is 2.61. The van der Waals surface area contributed by atoms with Crippen molar-refractivity contribution in [3.63, 3.8) is 0 Å². The highest BCUT2D eigenvalue weighted by molar-refractivity contribution is 5.94. The van der Waals surface area contributed by atoms with E-state index >= 15 is 0 Å². The molecule has 0 fully saturated rings. The Morgan fingerprint density at radius 2 is 1.92 bits per heavy atom. The van der Waals surface area contributed by atoms with E-state index in [1.807, 2.05) is 38.1 Å². The Balaban J connectivity index is 1.89. The van der Waals surface area contributed by atoms with E-state index in [-0.39, 0.29) is 11.5 Å². The van der Waals surface area contributed by atoms with E-state index < -0.39 is 6.04 Å². The molecule has 0 aliphatic carbocycles. The smallest absolute Gasteiger partial charge is 0.267 e. The van der Waals surface area contributed by atoms with Gasteiger partial charge in [0.15, 0.2) is 0 Å². The zero-order valence-corrected chi connectivity index (χ0v) is 14.9. The van der Waals surface area contributed by atoms with Gasteiger partial charge in [-0.05, 0) is 56.2 Å². The van der Waals surface area contributed by atoms with E-state index in [1.165, 1.54) is 10.7 Å². The van der Waals surface area contributed by atoms with Crippen molar-refractivity contribution in [3.8, 4) is 11.3 Å². The standard InChI is InChI=1S/C20H20N4O2/c1-13-6-4-8-17(14(13)2)22-20(26)15(3)24-19(25)10-9-18(23-24)16-7-5-11-21-12-16/h4-12,15H,1-3H3,(H,22,26). The number of amides is 1. The van der Waals surface area contributed by atoms with Crippen LogP contribution in [0, 0.1) is 13.8 Å². The van der Waals surface area contributed by atoms with Crippen LogP contribution in [0.5, 0.6) is 0 Å². The van der Waals surface area contributed by atoms with Crippen LogP contribution in [-0.4, -0.2) is 20.7 Å². The lowest BCUT2D eigenvalue weighted by atomic mass is 10.1. The summed E-state index contributed by atoms with van der Waals surface area (Å²) in [5, 5.41) is 7.23. The Hall–Kier alpha value is -3.28. The summed E-state index contributed by atoms with van der Waals surface area (Å²) in [7, 11) is 0. The molecule has 1 aromatic carbocycles. The van der Waals surface area contributed by atoms with Crippen molar-refractivity contribution in [2.45, 2.75) is 26.8 Å². The second kappa shape index (κ2) is 7.31. The quantitative estimate of drug-likeness (QED) is 0.786. The van der Waals surface area contributed by atoms with Crippen LogP contribution in [0.15, 0.2) is 59.7 Å². The monoisotopic (exact) mass is 348 g/mol. The molecule has 1 amide bonds. The van der Waals surface area contributed by atoms with Crippen LogP contribution in [0.2, 0.25) is 0 Å². The molecule has 1 unspecified atom stereocenters. The highest BCUT2D eigenvalue weighted by Gasteiger charge is 2.19. The Morgan fingerprint density at radius 1 is 1.12 bits per heavy atom. The van der Waals surface area contributed by atoms with Crippen molar-refractivity contribution in [2.75, 3.05) is 5.32 Å². The van der Waals surface area contributed by atoms with Crippen molar-refractivity contribution in [2.24, 2.45) is 0 Å². The number of carbonyl (C=O) groups is 1. The first-order chi connectivity index (χ1) is 12.5. The normalized spacial score (nSPS) is 11.8. The van der Waals surface area contributed by atoms with Crippen molar-refractivity contribution >= 4 is 11.6 Å². The molecule has 26 heavy (non-hydrogen) atoms. The van der Waals surface area contributed by atoms with Gasteiger partial charge in [0.05, 0.1) is 5.69 Å². The van der Waals surface area contributed by atoms with Gasteiger partial charge in [0, 0.05) is 29.7 Å². The molecule has 1 N–H and O–H groups in total. The fraction of sp³-hybridized carbons (Fsp3) is 0.200. The van der Waals surface area contributed by atoms with Crippen LogP contribution in [-0.2, 0) is 4.79 Å². The summed E-state index contributed by atoms with van der Waals surface area (Å²) in [6, 6.07) is 11.7. The molecule has 6 heteroatoms. The number of aryl methyl sites for hydroxylation is 1. The van der Waals surface area contributed by atoms with Crippen LogP contribution in [0.3, 0.4) is 0 Å². The average Bonchev–Trinajstić information content (AvgIpc) is 2.66. The zero-order chi connectivity index (χ0) is 18.7. The topological polar surface area (TPSA) is 76.9 Å². The maximum Gasteiger partial charge on any atom is 0.267 e. The van der Waals surface area contributed by atoms with Crippen LogP contribution < -0.4 is 10.9 Å². The highest BCUT2D eigenvalue weighted by Crippen LogP contribution is 2.20. The van der Waals surface area contributed by atoms with Gasteiger partial charge in [-0.15, -0.1) is 0 Å². The molecule has 0 saturated heterocycles. The minimum Gasteiger partial charge on any atom is -0.324 e. The predicted molar refractivity (Wildman–Crippen MR) is 101 cm³/mol. The molecular formula is C20H20N4O2. The summed E-state index contributed by atoms with van der Waals surface area (Å²) in [5.41, 5.74) is 3.86. The third kappa shape index (κ3) is 3.54. The maximum atomic E-state index is 12.7. The summed E-state index contributed by atoms with van der Waals surface area (Å²) in [6.45, 7) is 5.59. The van der Waals surface area contributed by atoms with Crippen molar-refractivity contribution in [1.82, 2.24) is 14.8 Å². The molecule has 2 aromatic heterocycles. The molecule has 0 saturated carbocycles. The van der Waals surface area contributed by atoms with Gasteiger partial charge in [0.1, 0.15) is 6.04 Å². The minimum absolute atomic E-state index is 0.295. The molecule has 3 aromatic rings. The number of benzene rings is 1. The van der Waals surface area contributed by atoms with E-state index in [0.29, 0.717) is 5.69 Å². The lowest BCUT2D eigenvalue weighted by molar-refractivity contribution is -0.119. The largest absolute Gasteiger partial charge is 0.324 e. The molecule has 6 nitrogen and oxygen atoms in total. The van der Waals surface area contributed by atoms with Gasteiger partial charge in [-0.1, -0.05) is 12.1 Å². The van der Waals surface area contributed by atoms with Crippen LogP contribution in [0.4, 0.5) is 5.69 Å². The molecule has 3 rings (SSSR count). The molecule has 0 bridgehead atoms. The Bertz CT molecular complexity index is 996. The van der Waals surface area contributed by atoms with Gasteiger partial charge in [-0.25, -0.2) is 4.68 Å². The van der Waals surface area contributed by atoms with Gasteiger partial charge >= 0.3 is 0 Å². The van der Waals surface area contributed by atoms with Crippen molar-refractivity contribution < 1.29 is 4.79 Å². The number of aromatic nitrogens is 3. The van der Waals surface area contributed by atoms with E-state index in [0.717, 1.165) is 22.4 Å². The number of nitrogens with zero attached hydrogens (tertiary/aromatic N) is 3. The molecule has 0 radical (unpaired) electrons. The lowest BCUT2D eigenvalue weighted by Gasteiger charge is -2.16. The number of nitrogens with one attached hydrogen (secondary N) is 1. The second-order valence-corrected chi connectivity index (χ2v) is 6.16. The van der Waals surface area contributed by atoms with Gasteiger partial charge in [0.25, 0.3) is 5.56 Å². The van der Waals surface area contributed by atoms with Crippen molar-refractivity contribution in [1.29, 1.82) is 0 Å². The van der Waals surface area contributed by atoms with E-state index in [4.69, 9.17) is 0 Å². The Labute approximate surface area is 151 Å². The van der Waals surface area contributed by atoms with Crippen LogP contribution in [0.1, 0.15) is 24.1 Å².